The molecule has 216 valence electrons. The SMILES string of the molecule is [2H]c1c([2H])c([2H])c2c(-c3cccc4oc5cc6ccccc6cc5c34)c3c([2H])c([2H])c([2H])c([2H])c3c(-c3cccc4c3-c3ccccc3C4(C)C)c2c1[2H]. The lowest BCUT2D eigenvalue weighted by Gasteiger charge is -2.22. The van der Waals surface area contributed by atoms with Crippen LogP contribution in [0, 0.1) is 0 Å². The second kappa shape index (κ2) is 9.19. The van der Waals surface area contributed by atoms with Gasteiger partial charge in [0.2, 0.25) is 0 Å². The number of benzene rings is 8. The van der Waals surface area contributed by atoms with Crippen LogP contribution in [0.2, 0.25) is 0 Å². The molecule has 0 bridgehead atoms. The van der Waals surface area contributed by atoms with Gasteiger partial charge in [0.1, 0.15) is 11.2 Å². The summed E-state index contributed by atoms with van der Waals surface area (Å²) in [6.07, 6.45) is 0. The van der Waals surface area contributed by atoms with Crippen molar-refractivity contribution in [2.75, 3.05) is 0 Å². The molecule has 0 saturated heterocycles. The van der Waals surface area contributed by atoms with Crippen LogP contribution in [0.5, 0.6) is 0 Å². The van der Waals surface area contributed by atoms with Gasteiger partial charge in [0.05, 0.1) is 11.0 Å². The van der Waals surface area contributed by atoms with Crippen molar-refractivity contribution in [2.45, 2.75) is 19.3 Å². The van der Waals surface area contributed by atoms with E-state index < -0.39 is 29.6 Å². The van der Waals surface area contributed by atoms with Crippen LogP contribution in [0.25, 0.3) is 87.6 Å². The van der Waals surface area contributed by atoms with Crippen LogP contribution in [0.1, 0.15) is 35.9 Å². The van der Waals surface area contributed by atoms with Gasteiger partial charge in [0.25, 0.3) is 0 Å². The lowest BCUT2D eigenvalue weighted by Crippen LogP contribution is -2.14. The maximum atomic E-state index is 9.54. The number of hydrogen-bond donors (Lipinski definition) is 0. The Bertz CT molecular complexity index is 3090. The molecule has 1 heterocycles. The van der Waals surface area contributed by atoms with Crippen molar-refractivity contribution in [2.24, 2.45) is 0 Å². The molecule has 0 saturated carbocycles. The summed E-state index contributed by atoms with van der Waals surface area (Å²) < 4.78 is 80.4. The summed E-state index contributed by atoms with van der Waals surface area (Å²) in [6, 6.07) is 28.6. The minimum atomic E-state index is -0.431. The van der Waals surface area contributed by atoms with Gasteiger partial charge in [-0.25, -0.2) is 0 Å². The smallest absolute Gasteiger partial charge is 0.136 e. The first-order valence-corrected chi connectivity index (χ1v) is 15.5. The van der Waals surface area contributed by atoms with E-state index in [1.807, 2.05) is 84.9 Å². The molecule has 0 atom stereocenters. The van der Waals surface area contributed by atoms with Crippen LogP contribution >= 0.6 is 0 Å². The zero-order valence-electron chi connectivity index (χ0n) is 33.1. The quantitative estimate of drug-likeness (QED) is 0.181. The Morgan fingerprint density at radius 2 is 1.02 bits per heavy atom. The highest BCUT2D eigenvalue weighted by Crippen LogP contribution is 2.55. The van der Waals surface area contributed by atoms with Gasteiger partial charge >= 0.3 is 0 Å². The summed E-state index contributed by atoms with van der Waals surface area (Å²) in [4.78, 5) is 0. The highest BCUT2D eigenvalue weighted by Gasteiger charge is 2.37. The molecule has 1 aliphatic rings. The maximum Gasteiger partial charge on any atom is 0.136 e. The molecule has 0 radical (unpaired) electrons. The molecular formula is C45H30O. The Labute approximate surface area is 278 Å². The third-order valence-corrected chi connectivity index (χ3v) is 9.88. The van der Waals surface area contributed by atoms with Crippen molar-refractivity contribution in [1.29, 1.82) is 0 Å². The highest BCUT2D eigenvalue weighted by molar-refractivity contribution is 6.27. The first-order valence-electron chi connectivity index (χ1n) is 19.5. The average molecular weight is 595 g/mol. The van der Waals surface area contributed by atoms with Crippen LogP contribution in [0.15, 0.2) is 150 Å². The molecule has 0 aliphatic heterocycles. The van der Waals surface area contributed by atoms with E-state index in [0.717, 1.165) is 38.4 Å². The maximum absolute atomic E-state index is 9.54. The summed E-state index contributed by atoms with van der Waals surface area (Å²) in [7, 11) is 0. The molecule has 9 aromatic rings. The summed E-state index contributed by atoms with van der Waals surface area (Å²) in [6.45, 7) is 4.30. The van der Waals surface area contributed by atoms with Crippen molar-refractivity contribution in [3.63, 3.8) is 0 Å². The number of rotatable bonds is 2. The van der Waals surface area contributed by atoms with Crippen molar-refractivity contribution < 1.29 is 15.4 Å². The Balaban J connectivity index is 1.49. The molecule has 0 unspecified atom stereocenters. The second-order valence-electron chi connectivity index (χ2n) is 12.6. The molecule has 46 heavy (non-hydrogen) atoms. The molecule has 0 amide bonds. The Morgan fingerprint density at radius 3 is 1.74 bits per heavy atom. The van der Waals surface area contributed by atoms with Crippen LogP contribution in [-0.2, 0) is 5.41 Å². The largest absolute Gasteiger partial charge is 0.456 e. The minimum absolute atomic E-state index is 0.180. The van der Waals surface area contributed by atoms with Crippen LogP contribution in [0.3, 0.4) is 0 Å². The van der Waals surface area contributed by atoms with Gasteiger partial charge in [0.15, 0.2) is 0 Å². The fraction of sp³-hybridized carbons (Fsp3) is 0.0667. The second-order valence-corrected chi connectivity index (χ2v) is 12.6. The normalized spacial score (nSPS) is 16.0. The predicted octanol–water partition coefficient (Wildman–Crippen LogP) is 12.7. The minimum Gasteiger partial charge on any atom is -0.456 e. The topological polar surface area (TPSA) is 13.1 Å². The van der Waals surface area contributed by atoms with Crippen molar-refractivity contribution in [3.8, 4) is 33.4 Å². The molecule has 1 nitrogen and oxygen atoms in total. The molecular weight excluding hydrogens is 556 g/mol. The van der Waals surface area contributed by atoms with E-state index in [2.05, 4.69) is 26.0 Å². The zero-order valence-corrected chi connectivity index (χ0v) is 25.1. The van der Waals surface area contributed by atoms with Crippen LogP contribution in [-0.4, -0.2) is 0 Å². The molecule has 1 aromatic heterocycles. The summed E-state index contributed by atoms with van der Waals surface area (Å²) in [5.74, 6) is 0. The molecule has 8 aromatic carbocycles. The highest BCUT2D eigenvalue weighted by atomic mass is 16.3. The van der Waals surface area contributed by atoms with Gasteiger partial charge in [-0.05, 0) is 95.0 Å². The Morgan fingerprint density at radius 1 is 0.478 bits per heavy atom. The number of fused-ring (bicyclic) bond motifs is 9. The van der Waals surface area contributed by atoms with Gasteiger partial charge in [-0.15, -0.1) is 0 Å². The van der Waals surface area contributed by atoms with E-state index in [0.29, 0.717) is 38.8 Å². The van der Waals surface area contributed by atoms with Gasteiger partial charge in [0, 0.05) is 16.2 Å². The average Bonchev–Trinajstić information content (AvgIpc) is 3.66. The van der Waals surface area contributed by atoms with Gasteiger partial charge in [-0.3, -0.25) is 0 Å². The summed E-state index contributed by atoms with van der Waals surface area (Å²) >= 11 is 0. The third-order valence-electron chi connectivity index (χ3n) is 9.88. The van der Waals surface area contributed by atoms with E-state index in [4.69, 9.17) is 9.90 Å². The lowest BCUT2D eigenvalue weighted by molar-refractivity contribution is 0.660. The standard InChI is InChI=1S/C45H30O/c1-45(2)37-22-10-9-19-33(37)43-34(20-11-23-38(43)45)41-29-15-5-7-17-31(29)42(32-18-8-6-16-30(32)41)35-21-12-24-39-44(35)36-25-27-13-3-4-14-28(27)26-40(36)46-39/h3-26H,1-2H3/i5D,6D,7D,8D,15D,16D,17D,18D. The Kier molecular flexibility index (Phi) is 3.79. The summed E-state index contributed by atoms with van der Waals surface area (Å²) in [5, 5.41) is 4.19. The lowest BCUT2D eigenvalue weighted by atomic mass is 9.80. The first-order chi connectivity index (χ1) is 25.9. The van der Waals surface area contributed by atoms with Gasteiger partial charge in [-0.1, -0.05) is 141 Å². The van der Waals surface area contributed by atoms with E-state index in [9.17, 15) is 5.48 Å². The molecule has 0 fully saturated rings. The van der Waals surface area contributed by atoms with Gasteiger partial charge < -0.3 is 4.42 Å². The van der Waals surface area contributed by atoms with Crippen LogP contribution < -0.4 is 0 Å². The third kappa shape index (κ3) is 3.35. The predicted molar refractivity (Wildman–Crippen MR) is 195 cm³/mol. The fourth-order valence-corrected chi connectivity index (χ4v) is 7.85. The number of furan rings is 1. The fourth-order valence-electron chi connectivity index (χ4n) is 7.85. The molecule has 1 aliphatic carbocycles. The van der Waals surface area contributed by atoms with Crippen LogP contribution in [0.4, 0.5) is 0 Å². The van der Waals surface area contributed by atoms with E-state index >= 15 is 0 Å². The molecule has 1 heteroatoms. The zero-order chi connectivity index (χ0) is 37.5. The number of hydrogen-bond acceptors (Lipinski definition) is 1. The molecule has 10 rings (SSSR count). The van der Waals surface area contributed by atoms with E-state index in [1.165, 1.54) is 0 Å². The molecule has 0 N–H and O–H groups in total. The monoisotopic (exact) mass is 594 g/mol. The summed E-state index contributed by atoms with van der Waals surface area (Å²) in [5.41, 5.74) is 6.60. The van der Waals surface area contributed by atoms with Gasteiger partial charge in [-0.2, -0.15) is 0 Å². The Hall–Kier alpha value is -5.66. The van der Waals surface area contributed by atoms with Crippen molar-refractivity contribution in [1.82, 2.24) is 0 Å². The van der Waals surface area contributed by atoms with E-state index in [1.54, 1.807) is 0 Å². The first kappa shape index (κ1) is 19.0. The van der Waals surface area contributed by atoms with E-state index in [-0.39, 0.29) is 45.7 Å². The van der Waals surface area contributed by atoms with Crippen molar-refractivity contribution in [3.05, 3.63) is 157 Å². The van der Waals surface area contributed by atoms with Crippen molar-refractivity contribution >= 4 is 54.3 Å². The molecule has 0 spiro atoms.